The van der Waals surface area contributed by atoms with Crippen LogP contribution in [0.25, 0.3) is 11.4 Å². The molecule has 3 rings (SSSR count). The van der Waals surface area contributed by atoms with Gasteiger partial charge in [-0.3, -0.25) is 4.79 Å². The number of aliphatic carboxylic acids is 1. The highest BCUT2D eigenvalue weighted by Crippen LogP contribution is 2.25. The number of carboxylic acid groups (broad SMARTS) is 1. The molecule has 0 unspecified atom stereocenters. The van der Waals surface area contributed by atoms with E-state index in [2.05, 4.69) is 16.7 Å². The predicted molar refractivity (Wildman–Crippen MR) is 88.0 cm³/mol. The second-order valence-electron chi connectivity index (χ2n) is 5.62. The van der Waals surface area contributed by atoms with Crippen LogP contribution in [-0.4, -0.2) is 40.9 Å². The van der Waals surface area contributed by atoms with Gasteiger partial charge in [-0.15, -0.1) is 0 Å². The van der Waals surface area contributed by atoms with E-state index in [1.807, 2.05) is 29.2 Å². The fraction of sp³-hybridized carbons (Fsp3) is 0.353. The second-order valence-corrected chi connectivity index (χ2v) is 5.62. The number of hydrogen-bond acceptors (Lipinski definition) is 6. The number of piperidine rings is 1. The molecule has 1 aromatic heterocycles. The summed E-state index contributed by atoms with van der Waals surface area (Å²) in [6, 6.07) is 7.84. The highest BCUT2D eigenvalue weighted by molar-refractivity contribution is 5.70. The van der Waals surface area contributed by atoms with Crippen LogP contribution in [0, 0.1) is 5.92 Å². The lowest BCUT2D eigenvalue weighted by atomic mass is 9.97. The van der Waals surface area contributed by atoms with Crippen LogP contribution in [0.4, 0.5) is 6.01 Å². The number of carboxylic acids is 1. The molecular formula is C17H19N3O4. The monoisotopic (exact) mass is 329 g/mol. The Balaban J connectivity index is 1.65. The maximum Gasteiger partial charge on any atom is 0.324 e. The van der Waals surface area contributed by atoms with E-state index in [1.54, 1.807) is 6.08 Å². The summed E-state index contributed by atoms with van der Waals surface area (Å²) >= 11 is 0. The highest BCUT2D eigenvalue weighted by Gasteiger charge is 2.27. The average Bonchev–Trinajstić information content (AvgIpc) is 3.10. The Bertz CT molecular complexity index is 703. The smallest absolute Gasteiger partial charge is 0.324 e. The van der Waals surface area contributed by atoms with Crippen molar-refractivity contribution >= 4 is 12.0 Å². The predicted octanol–water partition coefficient (Wildman–Crippen LogP) is 2.60. The minimum Gasteiger partial charge on any atom is -0.490 e. The van der Waals surface area contributed by atoms with Crippen molar-refractivity contribution in [3.8, 4) is 17.1 Å². The first-order valence-electron chi connectivity index (χ1n) is 7.83. The van der Waals surface area contributed by atoms with Gasteiger partial charge < -0.3 is 19.3 Å². The van der Waals surface area contributed by atoms with Crippen LogP contribution in [0.2, 0.25) is 0 Å². The molecule has 24 heavy (non-hydrogen) atoms. The molecule has 7 heteroatoms. The lowest BCUT2D eigenvalue weighted by Crippen LogP contribution is -2.36. The third-order valence-electron chi connectivity index (χ3n) is 4.01. The molecule has 1 aliphatic heterocycles. The highest BCUT2D eigenvalue weighted by atomic mass is 16.5. The van der Waals surface area contributed by atoms with E-state index in [1.165, 1.54) is 0 Å². The molecule has 126 valence electrons. The summed E-state index contributed by atoms with van der Waals surface area (Å²) in [6.45, 7) is 5.27. The van der Waals surface area contributed by atoms with Crippen LogP contribution in [0.5, 0.6) is 5.75 Å². The third-order valence-corrected chi connectivity index (χ3v) is 4.01. The summed E-state index contributed by atoms with van der Waals surface area (Å²) in [5, 5.41) is 13.0. The molecule has 0 radical (unpaired) electrons. The summed E-state index contributed by atoms with van der Waals surface area (Å²) in [5.74, 6) is 0.227. The summed E-state index contributed by atoms with van der Waals surface area (Å²) in [4.78, 5) is 17.3. The molecule has 1 aromatic carbocycles. The van der Waals surface area contributed by atoms with Gasteiger partial charge in [-0.1, -0.05) is 17.8 Å². The van der Waals surface area contributed by atoms with E-state index in [0.717, 1.165) is 11.3 Å². The number of nitrogens with zero attached hydrogens (tertiary/aromatic N) is 3. The van der Waals surface area contributed by atoms with Crippen molar-refractivity contribution in [2.45, 2.75) is 12.8 Å². The minimum atomic E-state index is -0.736. The summed E-state index contributed by atoms with van der Waals surface area (Å²) < 4.78 is 10.8. The molecule has 7 nitrogen and oxygen atoms in total. The first-order valence-corrected chi connectivity index (χ1v) is 7.83. The van der Waals surface area contributed by atoms with E-state index in [0.29, 0.717) is 44.4 Å². The lowest BCUT2D eigenvalue weighted by Gasteiger charge is -2.28. The van der Waals surface area contributed by atoms with Crippen LogP contribution in [0.1, 0.15) is 12.8 Å². The van der Waals surface area contributed by atoms with E-state index >= 15 is 0 Å². The number of carbonyl (C=O) groups is 1. The van der Waals surface area contributed by atoms with Crippen molar-refractivity contribution < 1.29 is 19.2 Å². The fourth-order valence-electron chi connectivity index (χ4n) is 2.63. The minimum absolute atomic E-state index is 0.285. The van der Waals surface area contributed by atoms with E-state index < -0.39 is 5.97 Å². The molecule has 0 spiro atoms. The Morgan fingerprint density at radius 2 is 2.08 bits per heavy atom. The molecule has 1 fully saturated rings. The van der Waals surface area contributed by atoms with Crippen molar-refractivity contribution in [2.75, 3.05) is 24.6 Å². The molecule has 1 saturated heterocycles. The first-order chi connectivity index (χ1) is 11.7. The Morgan fingerprint density at radius 1 is 1.38 bits per heavy atom. The quantitative estimate of drug-likeness (QED) is 0.815. The van der Waals surface area contributed by atoms with Crippen LogP contribution in [-0.2, 0) is 4.79 Å². The van der Waals surface area contributed by atoms with Gasteiger partial charge in [0.15, 0.2) is 0 Å². The number of ether oxygens (including phenoxy) is 1. The Kier molecular flexibility index (Phi) is 4.79. The van der Waals surface area contributed by atoms with Gasteiger partial charge >= 0.3 is 12.0 Å². The van der Waals surface area contributed by atoms with Gasteiger partial charge in [0.05, 0.1) is 5.92 Å². The van der Waals surface area contributed by atoms with Crippen LogP contribution in [0.15, 0.2) is 41.4 Å². The maximum atomic E-state index is 11.0. The fourth-order valence-corrected chi connectivity index (χ4v) is 2.63. The van der Waals surface area contributed by atoms with E-state index in [-0.39, 0.29) is 5.92 Å². The molecule has 1 aliphatic rings. The zero-order valence-corrected chi connectivity index (χ0v) is 13.2. The second kappa shape index (κ2) is 7.16. The van der Waals surface area contributed by atoms with Crippen LogP contribution < -0.4 is 9.64 Å². The van der Waals surface area contributed by atoms with Crippen LogP contribution in [0.3, 0.4) is 0 Å². The molecule has 0 atom stereocenters. The number of rotatable bonds is 6. The zero-order chi connectivity index (χ0) is 16.9. The summed E-state index contributed by atoms with van der Waals surface area (Å²) in [6.07, 6.45) is 2.86. The average molecular weight is 329 g/mol. The number of aromatic nitrogens is 2. The molecule has 2 heterocycles. The lowest BCUT2D eigenvalue weighted by molar-refractivity contribution is -0.142. The van der Waals surface area contributed by atoms with Crippen LogP contribution >= 0.6 is 0 Å². The van der Waals surface area contributed by atoms with Gasteiger partial charge in [-0.2, -0.15) is 4.98 Å². The standard InChI is InChI=1S/C17H19N3O4/c1-2-11-23-14-5-3-12(4-6-14)15-18-17(24-19-15)20-9-7-13(8-10-20)16(21)22/h2-6,13H,1,7-11H2,(H,21,22). The van der Waals surface area contributed by atoms with Gasteiger partial charge in [-0.05, 0) is 37.1 Å². The van der Waals surface area contributed by atoms with Gasteiger partial charge in [-0.25, -0.2) is 0 Å². The number of hydrogen-bond donors (Lipinski definition) is 1. The Morgan fingerprint density at radius 3 is 2.71 bits per heavy atom. The summed E-state index contributed by atoms with van der Waals surface area (Å²) in [7, 11) is 0. The van der Waals surface area contributed by atoms with Gasteiger partial charge in [0.1, 0.15) is 12.4 Å². The molecule has 0 bridgehead atoms. The number of anilines is 1. The number of benzene rings is 1. The van der Waals surface area contributed by atoms with E-state index in [9.17, 15) is 4.79 Å². The van der Waals surface area contributed by atoms with Crippen molar-refractivity contribution in [1.29, 1.82) is 0 Å². The molecular weight excluding hydrogens is 310 g/mol. The molecule has 1 N–H and O–H groups in total. The van der Waals surface area contributed by atoms with Crippen molar-refractivity contribution in [2.24, 2.45) is 5.92 Å². The third kappa shape index (κ3) is 3.56. The van der Waals surface area contributed by atoms with Gasteiger partial charge in [0.25, 0.3) is 0 Å². The topological polar surface area (TPSA) is 88.7 Å². The molecule has 0 aliphatic carbocycles. The van der Waals surface area contributed by atoms with Gasteiger partial charge in [0, 0.05) is 18.7 Å². The normalized spacial score (nSPS) is 15.2. The van der Waals surface area contributed by atoms with E-state index in [4.69, 9.17) is 14.4 Å². The van der Waals surface area contributed by atoms with Crippen molar-refractivity contribution in [3.63, 3.8) is 0 Å². The molecule has 0 saturated carbocycles. The molecule has 2 aromatic rings. The molecule has 0 amide bonds. The van der Waals surface area contributed by atoms with Gasteiger partial charge in [0.2, 0.25) is 5.82 Å². The maximum absolute atomic E-state index is 11.0. The first kappa shape index (κ1) is 16.0. The van der Waals surface area contributed by atoms with Crippen molar-refractivity contribution in [1.82, 2.24) is 10.1 Å². The van der Waals surface area contributed by atoms with Crippen molar-refractivity contribution in [3.05, 3.63) is 36.9 Å². The SMILES string of the molecule is C=CCOc1ccc(-c2noc(N3CCC(C(=O)O)CC3)n2)cc1. The summed E-state index contributed by atoms with van der Waals surface area (Å²) in [5.41, 5.74) is 0.830. The largest absolute Gasteiger partial charge is 0.490 e. The zero-order valence-electron chi connectivity index (χ0n) is 13.2. The Hall–Kier alpha value is -2.83. The Labute approximate surface area is 139 Å².